The summed E-state index contributed by atoms with van der Waals surface area (Å²) >= 11 is 0. The fraction of sp³-hybridized carbons (Fsp3) is 0.875. The Morgan fingerprint density at radius 2 is 2.27 bits per heavy atom. The van der Waals surface area contributed by atoms with Crippen LogP contribution in [-0.2, 0) is 4.79 Å². The second-order valence-electron chi connectivity index (χ2n) is 3.32. The zero-order valence-corrected chi connectivity index (χ0v) is 6.62. The van der Waals surface area contributed by atoms with Crippen molar-refractivity contribution in [2.75, 3.05) is 0 Å². The molecule has 3 N–H and O–H groups in total. The van der Waals surface area contributed by atoms with Gasteiger partial charge in [0.1, 0.15) is 6.04 Å². The Morgan fingerprint density at radius 1 is 1.64 bits per heavy atom. The summed E-state index contributed by atoms with van der Waals surface area (Å²) in [6.45, 7) is 0. The Morgan fingerprint density at radius 3 is 2.73 bits per heavy atom. The molecule has 0 bridgehead atoms. The van der Waals surface area contributed by atoms with E-state index in [2.05, 4.69) is 0 Å². The average molecular weight is 157 g/mol. The molecule has 1 aliphatic rings. The Bertz CT molecular complexity index is 143. The second-order valence-corrected chi connectivity index (χ2v) is 3.32. The van der Waals surface area contributed by atoms with Crippen LogP contribution in [0.1, 0.15) is 32.1 Å². The second kappa shape index (κ2) is 3.72. The van der Waals surface area contributed by atoms with Crippen molar-refractivity contribution in [3.05, 3.63) is 0 Å². The lowest BCUT2D eigenvalue weighted by Crippen LogP contribution is -2.29. The van der Waals surface area contributed by atoms with Crippen LogP contribution in [0.3, 0.4) is 0 Å². The molecule has 0 heterocycles. The average Bonchev–Trinajstić information content (AvgIpc) is 2.71. The van der Waals surface area contributed by atoms with Crippen molar-refractivity contribution in [3.63, 3.8) is 0 Å². The molecule has 1 saturated carbocycles. The number of nitrogens with two attached hydrogens (primary N) is 1. The maximum atomic E-state index is 10.3. The number of carbonyl (C=O) groups is 1. The molecule has 1 atom stereocenters. The normalized spacial score (nSPS) is 19.7. The highest BCUT2D eigenvalue weighted by Crippen LogP contribution is 2.33. The molecule has 0 aromatic heterocycles. The van der Waals surface area contributed by atoms with Crippen LogP contribution in [0, 0.1) is 5.92 Å². The summed E-state index contributed by atoms with van der Waals surface area (Å²) in [5, 5.41) is 8.44. The molecule has 0 unspecified atom stereocenters. The van der Waals surface area contributed by atoms with Crippen molar-refractivity contribution >= 4 is 5.97 Å². The molecule has 0 radical (unpaired) electrons. The maximum absolute atomic E-state index is 10.3. The summed E-state index contributed by atoms with van der Waals surface area (Å²) in [5.74, 6) is 0.0109. The quantitative estimate of drug-likeness (QED) is 0.625. The molecule has 3 heteroatoms. The predicted octanol–water partition coefficient (Wildman–Crippen LogP) is 0.979. The summed E-state index contributed by atoms with van der Waals surface area (Å²) in [4.78, 5) is 10.3. The van der Waals surface area contributed by atoms with E-state index < -0.39 is 12.0 Å². The minimum absolute atomic E-state index is 0.631. The Kier molecular flexibility index (Phi) is 2.88. The van der Waals surface area contributed by atoms with E-state index in [0.29, 0.717) is 6.42 Å². The molecular formula is C8H15NO2. The van der Waals surface area contributed by atoms with Crippen LogP contribution in [-0.4, -0.2) is 17.1 Å². The van der Waals surface area contributed by atoms with Gasteiger partial charge in [0, 0.05) is 0 Å². The summed E-state index contributed by atoms with van der Waals surface area (Å²) in [6.07, 6.45) is 5.44. The van der Waals surface area contributed by atoms with Crippen LogP contribution < -0.4 is 5.73 Å². The van der Waals surface area contributed by atoms with Gasteiger partial charge >= 0.3 is 5.97 Å². The number of hydrogen-bond acceptors (Lipinski definition) is 2. The van der Waals surface area contributed by atoms with Crippen molar-refractivity contribution < 1.29 is 9.90 Å². The van der Waals surface area contributed by atoms with Gasteiger partial charge in [0.25, 0.3) is 0 Å². The Hall–Kier alpha value is -0.570. The van der Waals surface area contributed by atoms with Gasteiger partial charge in [-0.05, 0) is 12.3 Å². The van der Waals surface area contributed by atoms with E-state index in [9.17, 15) is 4.79 Å². The first kappa shape index (κ1) is 8.53. The molecule has 0 spiro atoms. The molecule has 0 saturated heterocycles. The van der Waals surface area contributed by atoms with E-state index in [1.807, 2.05) is 0 Å². The molecule has 0 amide bonds. The fourth-order valence-corrected chi connectivity index (χ4v) is 1.16. The molecule has 0 aromatic carbocycles. The van der Waals surface area contributed by atoms with Crippen LogP contribution in [0.2, 0.25) is 0 Å². The van der Waals surface area contributed by atoms with Crippen molar-refractivity contribution in [1.29, 1.82) is 0 Å². The first-order valence-electron chi connectivity index (χ1n) is 4.18. The zero-order chi connectivity index (χ0) is 8.27. The van der Waals surface area contributed by atoms with Crippen molar-refractivity contribution in [3.8, 4) is 0 Å². The number of hydrogen-bond donors (Lipinski definition) is 2. The Balaban J connectivity index is 1.96. The minimum Gasteiger partial charge on any atom is -0.480 e. The van der Waals surface area contributed by atoms with Crippen molar-refractivity contribution in [1.82, 2.24) is 0 Å². The van der Waals surface area contributed by atoms with Crippen LogP contribution in [0.25, 0.3) is 0 Å². The third-order valence-corrected chi connectivity index (χ3v) is 2.14. The molecule has 3 nitrogen and oxygen atoms in total. The van der Waals surface area contributed by atoms with Gasteiger partial charge < -0.3 is 10.8 Å². The minimum atomic E-state index is -0.874. The highest BCUT2D eigenvalue weighted by atomic mass is 16.4. The van der Waals surface area contributed by atoms with E-state index in [4.69, 9.17) is 10.8 Å². The molecular weight excluding hydrogens is 142 g/mol. The van der Waals surface area contributed by atoms with Crippen LogP contribution in [0.4, 0.5) is 0 Å². The monoisotopic (exact) mass is 157 g/mol. The molecule has 64 valence electrons. The van der Waals surface area contributed by atoms with Crippen molar-refractivity contribution in [2.45, 2.75) is 38.1 Å². The zero-order valence-electron chi connectivity index (χ0n) is 6.62. The van der Waals surface area contributed by atoms with Gasteiger partial charge in [-0.2, -0.15) is 0 Å². The smallest absolute Gasteiger partial charge is 0.320 e. The Labute approximate surface area is 66.6 Å². The number of aliphatic carboxylic acids is 1. The van der Waals surface area contributed by atoms with Crippen LogP contribution >= 0.6 is 0 Å². The number of carboxylic acid groups (broad SMARTS) is 1. The van der Waals surface area contributed by atoms with Crippen LogP contribution in [0.5, 0.6) is 0 Å². The standard InChI is InChI=1S/C8H15NO2/c9-7(8(10)11)3-1-2-6-4-5-6/h6-7H,1-5,9H2,(H,10,11)/t7-/m0/s1. The van der Waals surface area contributed by atoms with Crippen LogP contribution in [0.15, 0.2) is 0 Å². The number of carboxylic acids is 1. The van der Waals surface area contributed by atoms with E-state index in [1.165, 1.54) is 19.3 Å². The molecule has 11 heavy (non-hydrogen) atoms. The molecule has 1 fully saturated rings. The largest absolute Gasteiger partial charge is 0.480 e. The van der Waals surface area contributed by atoms with Gasteiger partial charge in [-0.3, -0.25) is 4.79 Å². The van der Waals surface area contributed by atoms with Gasteiger partial charge in [-0.15, -0.1) is 0 Å². The lowest BCUT2D eigenvalue weighted by molar-refractivity contribution is -0.138. The van der Waals surface area contributed by atoms with E-state index in [-0.39, 0.29) is 0 Å². The first-order valence-corrected chi connectivity index (χ1v) is 4.18. The fourth-order valence-electron chi connectivity index (χ4n) is 1.16. The van der Waals surface area contributed by atoms with E-state index >= 15 is 0 Å². The van der Waals surface area contributed by atoms with Gasteiger partial charge in [0.15, 0.2) is 0 Å². The lowest BCUT2D eigenvalue weighted by atomic mass is 10.1. The topological polar surface area (TPSA) is 63.3 Å². The molecule has 0 aromatic rings. The third kappa shape index (κ3) is 3.37. The predicted molar refractivity (Wildman–Crippen MR) is 42.2 cm³/mol. The van der Waals surface area contributed by atoms with E-state index in [0.717, 1.165) is 12.3 Å². The van der Waals surface area contributed by atoms with Gasteiger partial charge in [0.2, 0.25) is 0 Å². The van der Waals surface area contributed by atoms with Gasteiger partial charge in [0.05, 0.1) is 0 Å². The van der Waals surface area contributed by atoms with Gasteiger partial charge in [-0.25, -0.2) is 0 Å². The molecule has 1 aliphatic carbocycles. The SMILES string of the molecule is N[C@@H](CCCC1CC1)C(=O)O. The lowest BCUT2D eigenvalue weighted by Gasteiger charge is -2.04. The van der Waals surface area contributed by atoms with Crippen molar-refractivity contribution in [2.24, 2.45) is 11.7 Å². The summed E-state index contributed by atoms with van der Waals surface area (Å²) in [7, 11) is 0. The highest BCUT2D eigenvalue weighted by Gasteiger charge is 2.21. The number of rotatable bonds is 5. The molecule has 1 rings (SSSR count). The van der Waals surface area contributed by atoms with E-state index in [1.54, 1.807) is 0 Å². The summed E-state index contributed by atoms with van der Waals surface area (Å²) in [6, 6.07) is -0.645. The molecule has 0 aliphatic heterocycles. The summed E-state index contributed by atoms with van der Waals surface area (Å²) < 4.78 is 0. The summed E-state index contributed by atoms with van der Waals surface area (Å²) in [5.41, 5.74) is 5.32. The first-order chi connectivity index (χ1) is 5.20. The maximum Gasteiger partial charge on any atom is 0.320 e. The third-order valence-electron chi connectivity index (χ3n) is 2.14. The highest BCUT2D eigenvalue weighted by molar-refractivity contribution is 5.72. The van der Waals surface area contributed by atoms with Gasteiger partial charge in [-0.1, -0.05) is 25.7 Å².